The minimum atomic E-state index is -4.63. The maximum absolute atomic E-state index is 13.6. The number of nitrogens with one attached hydrogen (secondary N) is 2. The SMILES string of the molecule is Cc1nn(C2CCN(C(=O)CN(C)C)C2)cc1Nc1ncc(C(F)(F)F)c(NCCCN2CC(C)(C)C2=O)n1. The zero-order valence-corrected chi connectivity index (χ0v) is 23.0. The molecular weight excluding hydrogens is 515 g/mol. The van der Waals surface area contributed by atoms with Crippen molar-refractivity contribution in [2.24, 2.45) is 5.41 Å². The van der Waals surface area contributed by atoms with Crippen molar-refractivity contribution in [1.29, 1.82) is 0 Å². The van der Waals surface area contributed by atoms with Crippen molar-refractivity contribution in [3.63, 3.8) is 0 Å². The third-order valence-electron chi connectivity index (χ3n) is 6.95. The maximum Gasteiger partial charge on any atom is 0.421 e. The number of carbonyl (C=O) groups excluding carboxylic acids is 2. The predicted molar refractivity (Wildman–Crippen MR) is 140 cm³/mol. The number of rotatable bonds is 10. The van der Waals surface area contributed by atoms with Crippen molar-refractivity contribution in [1.82, 2.24) is 34.4 Å². The summed E-state index contributed by atoms with van der Waals surface area (Å²) in [6, 6.07) is -0.0000209. The fraction of sp³-hybridized carbons (Fsp3) is 0.640. The third-order valence-corrected chi connectivity index (χ3v) is 6.95. The Morgan fingerprint density at radius 2 is 2.03 bits per heavy atom. The number of β-lactam (4-membered cyclic amide) rings is 1. The molecule has 0 spiro atoms. The van der Waals surface area contributed by atoms with Gasteiger partial charge >= 0.3 is 6.18 Å². The van der Waals surface area contributed by atoms with Crippen molar-refractivity contribution in [3.8, 4) is 0 Å². The summed E-state index contributed by atoms with van der Waals surface area (Å²) in [7, 11) is 3.70. The van der Waals surface area contributed by atoms with Gasteiger partial charge in [-0.1, -0.05) is 0 Å². The topological polar surface area (TPSA) is 112 Å². The van der Waals surface area contributed by atoms with Gasteiger partial charge in [0.1, 0.15) is 11.4 Å². The smallest absolute Gasteiger partial charge is 0.369 e. The summed E-state index contributed by atoms with van der Waals surface area (Å²) < 4.78 is 42.6. The number of hydrogen-bond donors (Lipinski definition) is 2. The van der Waals surface area contributed by atoms with Crippen LogP contribution >= 0.6 is 0 Å². The molecule has 2 saturated heterocycles. The van der Waals surface area contributed by atoms with Crippen molar-refractivity contribution in [3.05, 3.63) is 23.7 Å². The number of hydrogen-bond acceptors (Lipinski definition) is 8. The molecule has 1 unspecified atom stereocenters. The van der Waals surface area contributed by atoms with Gasteiger partial charge in [0.25, 0.3) is 0 Å². The highest BCUT2D eigenvalue weighted by Gasteiger charge is 2.43. The van der Waals surface area contributed by atoms with Gasteiger partial charge in [-0.15, -0.1) is 0 Å². The summed E-state index contributed by atoms with van der Waals surface area (Å²) in [6.45, 7) is 8.36. The summed E-state index contributed by atoms with van der Waals surface area (Å²) in [5.74, 6) is -0.218. The van der Waals surface area contributed by atoms with E-state index in [0.717, 1.165) is 12.6 Å². The molecule has 14 heteroatoms. The number of anilines is 3. The summed E-state index contributed by atoms with van der Waals surface area (Å²) in [5.41, 5.74) is -0.127. The van der Waals surface area contributed by atoms with Crippen molar-refractivity contribution in [2.45, 2.75) is 45.8 Å². The molecule has 2 aromatic rings. The predicted octanol–water partition coefficient (Wildman–Crippen LogP) is 2.75. The second-order valence-corrected chi connectivity index (χ2v) is 11.1. The van der Waals surface area contributed by atoms with Crippen LogP contribution in [0.25, 0.3) is 0 Å². The Balaban J connectivity index is 1.40. The molecule has 2 fully saturated rings. The molecule has 0 radical (unpaired) electrons. The number of aromatic nitrogens is 4. The van der Waals surface area contributed by atoms with E-state index in [1.165, 1.54) is 0 Å². The highest BCUT2D eigenvalue weighted by Crippen LogP contribution is 2.35. The molecule has 39 heavy (non-hydrogen) atoms. The van der Waals surface area contributed by atoms with Crippen LogP contribution < -0.4 is 10.6 Å². The van der Waals surface area contributed by atoms with Crippen molar-refractivity contribution < 1.29 is 22.8 Å². The van der Waals surface area contributed by atoms with E-state index < -0.39 is 11.7 Å². The number of amides is 2. The molecule has 2 N–H and O–H groups in total. The van der Waals surface area contributed by atoms with E-state index in [4.69, 9.17) is 0 Å². The quantitative estimate of drug-likeness (QED) is 0.343. The van der Waals surface area contributed by atoms with E-state index in [1.807, 2.05) is 37.7 Å². The van der Waals surface area contributed by atoms with Crippen LogP contribution in [0.5, 0.6) is 0 Å². The molecule has 0 saturated carbocycles. The number of carbonyl (C=O) groups is 2. The van der Waals surface area contributed by atoms with E-state index in [2.05, 4.69) is 25.7 Å². The number of aryl methyl sites for hydroxylation is 1. The van der Waals surface area contributed by atoms with Crippen LogP contribution in [0.4, 0.5) is 30.6 Å². The number of nitrogens with zero attached hydrogens (tertiary/aromatic N) is 7. The van der Waals surface area contributed by atoms with Crippen LogP contribution in [-0.2, 0) is 15.8 Å². The van der Waals surface area contributed by atoms with E-state index in [0.29, 0.717) is 50.5 Å². The summed E-state index contributed by atoms with van der Waals surface area (Å²) in [6.07, 6.45) is -0.875. The molecule has 0 bridgehead atoms. The van der Waals surface area contributed by atoms with Crippen LogP contribution in [0, 0.1) is 12.3 Å². The van der Waals surface area contributed by atoms with Crippen LogP contribution in [0.3, 0.4) is 0 Å². The molecule has 2 aliphatic rings. The van der Waals surface area contributed by atoms with E-state index >= 15 is 0 Å². The largest absolute Gasteiger partial charge is 0.421 e. The van der Waals surface area contributed by atoms with E-state index in [-0.39, 0.29) is 41.6 Å². The Bertz CT molecular complexity index is 1210. The first-order valence-electron chi connectivity index (χ1n) is 13.0. The average molecular weight is 552 g/mol. The molecule has 2 aromatic heterocycles. The zero-order chi connectivity index (χ0) is 28.5. The number of halogens is 3. The lowest BCUT2D eigenvalue weighted by atomic mass is 9.83. The van der Waals surface area contributed by atoms with Crippen LogP contribution in [0.2, 0.25) is 0 Å². The van der Waals surface area contributed by atoms with E-state index in [9.17, 15) is 22.8 Å². The van der Waals surface area contributed by atoms with Gasteiger partial charge in [-0.2, -0.15) is 23.3 Å². The lowest BCUT2D eigenvalue weighted by Crippen LogP contribution is -2.58. The molecule has 0 aromatic carbocycles. The molecular formula is C25H36F3N9O2. The molecule has 214 valence electrons. The summed E-state index contributed by atoms with van der Waals surface area (Å²) in [4.78, 5) is 37.8. The molecule has 2 amide bonds. The molecule has 4 heterocycles. The fourth-order valence-electron chi connectivity index (χ4n) is 4.86. The van der Waals surface area contributed by atoms with Crippen molar-refractivity contribution >= 4 is 29.3 Å². The minimum Gasteiger partial charge on any atom is -0.369 e. The Labute approximate surface area is 225 Å². The standard InChI is InChI=1S/C25H36F3N9O2/c1-16-19(13-37(33-16)17-7-10-35(12-17)20(38)14-34(4)5)31-23-30-11-18(25(26,27)28)21(32-23)29-8-6-9-36-15-24(2,3)22(36)39/h11,13,17H,6-10,12,14-15H2,1-5H3,(H2,29,30,31,32). The molecule has 1 atom stereocenters. The van der Waals surface area contributed by atoms with Gasteiger partial charge in [0.15, 0.2) is 0 Å². The zero-order valence-electron chi connectivity index (χ0n) is 23.0. The highest BCUT2D eigenvalue weighted by molar-refractivity contribution is 5.87. The maximum atomic E-state index is 13.6. The second-order valence-electron chi connectivity index (χ2n) is 11.1. The second kappa shape index (κ2) is 11.0. The third kappa shape index (κ3) is 6.60. The molecule has 0 aliphatic carbocycles. The Morgan fingerprint density at radius 3 is 2.67 bits per heavy atom. The van der Waals surface area contributed by atoms with Gasteiger partial charge in [0, 0.05) is 45.1 Å². The van der Waals surface area contributed by atoms with Gasteiger partial charge in [-0.25, -0.2) is 4.98 Å². The Kier molecular flexibility index (Phi) is 8.05. The van der Waals surface area contributed by atoms with E-state index in [1.54, 1.807) is 22.7 Å². The minimum absolute atomic E-state index is 0.0000209. The Hall–Kier alpha value is -3.42. The van der Waals surface area contributed by atoms with Crippen molar-refractivity contribution in [2.75, 3.05) is 64.0 Å². The summed E-state index contributed by atoms with van der Waals surface area (Å²) >= 11 is 0. The number of likely N-dealkylation sites (N-methyl/N-ethyl adjacent to an activating group) is 1. The number of alkyl halides is 3. The molecule has 4 rings (SSSR count). The molecule has 2 aliphatic heterocycles. The van der Waals surface area contributed by atoms with Gasteiger partial charge in [-0.3, -0.25) is 14.3 Å². The fourth-order valence-corrected chi connectivity index (χ4v) is 4.86. The lowest BCUT2D eigenvalue weighted by molar-refractivity contribution is -0.156. The average Bonchev–Trinajstić information content (AvgIpc) is 3.47. The normalized spacial score (nSPS) is 19.0. The van der Waals surface area contributed by atoms with Crippen LogP contribution in [0.15, 0.2) is 12.4 Å². The first-order chi connectivity index (χ1) is 18.2. The van der Waals surface area contributed by atoms with Crippen LogP contribution in [0.1, 0.15) is 44.0 Å². The van der Waals surface area contributed by atoms with Crippen LogP contribution in [-0.4, -0.2) is 99.6 Å². The van der Waals surface area contributed by atoms with Gasteiger partial charge in [-0.05, 0) is 47.7 Å². The Morgan fingerprint density at radius 1 is 1.28 bits per heavy atom. The highest BCUT2D eigenvalue weighted by atomic mass is 19.4. The lowest BCUT2D eigenvalue weighted by Gasteiger charge is -2.44. The molecule has 11 nitrogen and oxygen atoms in total. The van der Waals surface area contributed by atoms with Gasteiger partial charge < -0.3 is 25.3 Å². The van der Waals surface area contributed by atoms with Gasteiger partial charge in [0.2, 0.25) is 17.8 Å². The first-order valence-corrected chi connectivity index (χ1v) is 13.0. The number of likely N-dealkylation sites (tertiary alicyclic amines) is 2. The monoisotopic (exact) mass is 551 g/mol. The first kappa shape index (κ1) is 28.6. The summed E-state index contributed by atoms with van der Waals surface area (Å²) in [5, 5.41) is 10.3. The van der Waals surface area contributed by atoms with Gasteiger partial charge in [0.05, 0.1) is 29.4 Å².